The van der Waals surface area contributed by atoms with Crippen LogP contribution < -0.4 is 16.0 Å². The van der Waals surface area contributed by atoms with E-state index in [0.717, 1.165) is 37.1 Å². The molecule has 2 aliphatic rings. The van der Waals surface area contributed by atoms with Gasteiger partial charge in [0.1, 0.15) is 0 Å². The number of urea groups is 1. The van der Waals surface area contributed by atoms with Crippen LogP contribution in [0.2, 0.25) is 10.0 Å². The van der Waals surface area contributed by atoms with Crippen molar-refractivity contribution in [1.82, 2.24) is 20.9 Å². The number of ether oxygens (including phenoxy) is 1. The minimum atomic E-state index is -0.270. The number of rotatable bonds is 8. The SMILES string of the molecule is O=C(NCc1cccc(C(=O)NC2CC2)c1)NCC1CN(Cc2ccc(Cl)c(Cl)c2)CCO1. The number of hydrogen-bond donors (Lipinski definition) is 3. The summed E-state index contributed by atoms with van der Waals surface area (Å²) in [5.41, 5.74) is 2.57. The Kier molecular flexibility index (Phi) is 8.09. The molecule has 4 rings (SSSR count). The molecule has 1 saturated carbocycles. The highest BCUT2D eigenvalue weighted by Gasteiger charge is 2.24. The third-order valence-electron chi connectivity index (χ3n) is 5.66. The molecule has 1 heterocycles. The molecule has 1 atom stereocenters. The van der Waals surface area contributed by atoms with E-state index in [2.05, 4.69) is 20.9 Å². The normalized spacial score (nSPS) is 18.5. The van der Waals surface area contributed by atoms with Gasteiger partial charge in [0.05, 0.1) is 22.8 Å². The first-order valence-corrected chi connectivity index (χ1v) is 11.9. The predicted octanol–water partition coefficient (Wildman–Crippen LogP) is 3.59. The maximum atomic E-state index is 12.3. The molecule has 0 spiro atoms. The van der Waals surface area contributed by atoms with Crippen LogP contribution in [0.5, 0.6) is 0 Å². The van der Waals surface area contributed by atoms with Gasteiger partial charge in [-0.25, -0.2) is 4.79 Å². The summed E-state index contributed by atoms with van der Waals surface area (Å²) in [6.07, 6.45) is 2.00. The van der Waals surface area contributed by atoms with Crippen molar-refractivity contribution in [2.75, 3.05) is 26.2 Å². The number of nitrogens with zero attached hydrogens (tertiary/aromatic N) is 1. The van der Waals surface area contributed by atoms with E-state index in [0.29, 0.717) is 47.9 Å². The highest BCUT2D eigenvalue weighted by Crippen LogP contribution is 2.23. The molecule has 1 unspecified atom stereocenters. The van der Waals surface area contributed by atoms with Crippen LogP contribution in [0.3, 0.4) is 0 Å². The molecule has 0 bridgehead atoms. The monoisotopic (exact) mass is 490 g/mol. The number of benzene rings is 2. The zero-order chi connectivity index (χ0) is 23.2. The highest BCUT2D eigenvalue weighted by molar-refractivity contribution is 6.42. The fourth-order valence-electron chi connectivity index (χ4n) is 3.71. The van der Waals surface area contributed by atoms with Crippen LogP contribution in [0.25, 0.3) is 0 Å². The number of morpholine rings is 1. The number of amides is 3. The predicted molar refractivity (Wildman–Crippen MR) is 129 cm³/mol. The molecule has 3 N–H and O–H groups in total. The number of nitrogens with one attached hydrogen (secondary N) is 3. The lowest BCUT2D eigenvalue weighted by atomic mass is 10.1. The summed E-state index contributed by atoms with van der Waals surface area (Å²) in [6.45, 7) is 3.61. The smallest absolute Gasteiger partial charge is 0.315 e. The molecule has 176 valence electrons. The fraction of sp³-hybridized carbons (Fsp3) is 0.417. The molecule has 9 heteroatoms. The Morgan fingerprint density at radius 1 is 1.03 bits per heavy atom. The summed E-state index contributed by atoms with van der Waals surface area (Å²) in [5, 5.41) is 9.78. The molecule has 33 heavy (non-hydrogen) atoms. The minimum Gasteiger partial charge on any atom is -0.374 e. The number of hydrogen-bond acceptors (Lipinski definition) is 4. The Bertz CT molecular complexity index is 999. The molecule has 2 fully saturated rings. The lowest BCUT2D eigenvalue weighted by molar-refractivity contribution is -0.0287. The first-order chi connectivity index (χ1) is 16.0. The second-order valence-corrected chi connectivity index (χ2v) is 9.30. The highest BCUT2D eigenvalue weighted by atomic mass is 35.5. The molecule has 3 amide bonds. The summed E-state index contributed by atoms with van der Waals surface area (Å²) in [7, 11) is 0. The summed E-state index contributed by atoms with van der Waals surface area (Å²) >= 11 is 12.1. The Hall–Kier alpha value is -2.32. The van der Waals surface area contributed by atoms with E-state index in [9.17, 15) is 9.59 Å². The van der Waals surface area contributed by atoms with E-state index < -0.39 is 0 Å². The van der Waals surface area contributed by atoms with Crippen LogP contribution >= 0.6 is 23.2 Å². The first-order valence-electron chi connectivity index (χ1n) is 11.2. The molecule has 1 aliphatic carbocycles. The zero-order valence-corrected chi connectivity index (χ0v) is 19.8. The second kappa shape index (κ2) is 11.2. The Morgan fingerprint density at radius 3 is 2.67 bits per heavy atom. The summed E-state index contributed by atoms with van der Waals surface area (Å²) in [6, 6.07) is 13.0. The number of carbonyl (C=O) groups excluding carboxylic acids is 2. The van der Waals surface area contributed by atoms with Crippen LogP contribution in [0.4, 0.5) is 4.79 Å². The average molecular weight is 491 g/mol. The second-order valence-electron chi connectivity index (χ2n) is 8.49. The number of halogens is 2. The average Bonchev–Trinajstić information content (AvgIpc) is 3.63. The maximum absolute atomic E-state index is 12.3. The topological polar surface area (TPSA) is 82.7 Å². The zero-order valence-electron chi connectivity index (χ0n) is 18.3. The Balaban J connectivity index is 1.19. The van der Waals surface area contributed by atoms with E-state index in [-0.39, 0.29) is 18.0 Å². The third kappa shape index (κ3) is 7.33. The molecule has 1 aliphatic heterocycles. The maximum Gasteiger partial charge on any atom is 0.315 e. The van der Waals surface area contributed by atoms with Crippen LogP contribution in [-0.4, -0.2) is 55.2 Å². The van der Waals surface area contributed by atoms with Gasteiger partial charge in [0.2, 0.25) is 0 Å². The number of carbonyl (C=O) groups is 2. The molecular weight excluding hydrogens is 463 g/mol. The lowest BCUT2D eigenvalue weighted by Gasteiger charge is -2.33. The molecule has 0 radical (unpaired) electrons. The van der Waals surface area contributed by atoms with Gasteiger partial charge in [0, 0.05) is 44.3 Å². The largest absolute Gasteiger partial charge is 0.374 e. The van der Waals surface area contributed by atoms with Gasteiger partial charge in [-0.05, 0) is 48.2 Å². The summed E-state index contributed by atoms with van der Waals surface area (Å²) < 4.78 is 5.80. The van der Waals surface area contributed by atoms with Gasteiger partial charge in [-0.3, -0.25) is 9.69 Å². The lowest BCUT2D eigenvalue weighted by Crippen LogP contribution is -2.48. The van der Waals surface area contributed by atoms with E-state index in [1.54, 1.807) is 12.1 Å². The van der Waals surface area contributed by atoms with E-state index in [1.807, 2.05) is 30.3 Å². The molecule has 2 aromatic rings. The van der Waals surface area contributed by atoms with Crippen LogP contribution in [0.15, 0.2) is 42.5 Å². The van der Waals surface area contributed by atoms with Gasteiger partial charge < -0.3 is 20.7 Å². The molecular formula is C24H28Cl2N4O3. The van der Waals surface area contributed by atoms with E-state index >= 15 is 0 Å². The fourth-order valence-corrected chi connectivity index (χ4v) is 4.03. The van der Waals surface area contributed by atoms with E-state index in [1.165, 1.54) is 0 Å². The molecule has 7 nitrogen and oxygen atoms in total. The van der Waals surface area contributed by atoms with Crippen LogP contribution in [0.1, 0.15) is 34.3 Å². The van der Waals surface area contributed by atoms with Crippen molar-refractivity contribution in [2.24, 2.45) is 0 Å². The van der Waals surface area contributed by atoms with Crippen molar-refractivity contribution >= 4 is 35.1 Å². The van der Waals surface area contributed by atoms with Crippen molar-refractivity contribution in [3.8, 4) is 0 Å². The van der Waals surface area contributed by atoms with Gasteiger partial charge in [-0.15, -0.1) is 0 Å². The van der Waals surface area contributed by atoms with E-state index in [4.69, 9.17) is 27.9 Å². The van der Waals surface area contributed by atoms with Crippen molar-refractivity contribution < 1.29 is 14.3 Å². The van der Waals surface area contributed by atoms with Gasteiger partial charge in [0.15, 0.2) is 0 Å². The summed E-state index contributed by atoms with van der Waals surface area (Å²) in [4.78, 5) is 26.7. The van der Waals surface area contributed by atoms with Gasteiger partial charge >= 0.3 is 6.03 Å². The van der Waals surface area contributed by atoms with Crippen molar-refractivity contribution in [2.45, 2.75) is 38.1 Å². The van der Waals surface area contributed by atoms with Crippen molar-refractivity contribution in [3.63, 3.8) is 0 Å². The summed E-state index contributed by atoms with van der Waals surface area (Å²) in [5.74, 6) is -0.0660. The molecule has 0 aromatic heterocycles. The van der Waals surface area contributed by atoms with Gasteiger partial charge in [-0.1, -0.05) is 41.4 Å². The Labute approximate surface area is 203 Å². The third-order valence-corrected chi connectivity index (χ3v) is 6.40. The Morgan fingerprint density at radius 2 is 1.88 bits per heavy atom. The van der Waals surface area contributed by atoms with Crippen LogP contribution in [-0.2, 0) is 17.8 Å². The van der Waals surface area contributed by atoms with Gasteiger partial charge in [0.25, 0.3) is 5.91 Å². The van der Waals surface area contributed by atoms with Crippen LogP contribution in [0, 0.1) is 0 Å². The standard InChI is InChI=1S/C24H28Cl2N4O3/c25-21-7-4-17(11-22(21)26)14-30-8-9-33-20(15-30)13-28-24(32)27-12-16-2-1-3-18(10-16)23(31)29-19-5-6-19/h1-4,7,10-11,19-20H,5-6,8-9,12-15H2,(H,29,31)(H2,27,28,32). The molecule has 1 saturated heterocycles. The van der Waals surface area contributed by atoms with Crippen molar-refractivity contribution in [3.05, 3.63) is 69.2 Å². The molecule has 2 aromatic carbocycles. The quantitative estimate of drug-likeness (QED) is 0.527. The van der Waals surface area contributed by atoms with Gasteiger partial charge in [-0.2, -0.15) is 0 Å². The first kappa shape index (κ1) is 23.8. The minimum absolute atomic E-state index is 0.0660. The van der Waals surface area contributed by atoms with Crippen molar-refractivity contribution in [1.29, 1.82) is 0 Å².